The number of carbonyl (C=O) groups excluding carboxylic acids is 1. The smallest absolute Gasteiger partial charge is 0.255 e. The van der Waals surface area contributed by atoms with Gasteiger partial charge in [0, 0.05) is 11.6 Å². The SMILES string of the molecule is COc1ccc(NC(=O)c2cc(Cl)nc(Cl)c2)cn1. The summed E-state index contributed by atoms with van der Waals surface area (Å²) >= 11 is 11.5. The number of rotatable bonds is 3. The Kier molecular flexibility index (Phi) is 4.19. The molecule has 2 rings (SSSR count). The minimum absolute atomic E-state index is 0.158. The van der Waals surface area contributed by atoms with E-state index < -0.39 is 0 Å². The Bertz CT molecular complexity index is 582. The van der Waals surface area contributed by atoms with Gasteiger partial charge >= 0.3 is 0 Å². The quantitative estimate of drug-likeness (QED) is 0.885. The number of nitrogens with one attached hydrogen (secondary N) is 1. The van der Waals surface area contributed by atoms with Crippen LogP contribution in [0.1, 0.15) is 10.4 Å². The second kappa shape index (κ2) is 5.86. The summed E-state index contributed by atoms with van der Waals surface area (Å²) in [6.07, 6.45) is 1.49. The number of hydrogen-bond donors (Lipinski definition) is 1. The van der Waals surface area contributed by atoms with Gasteiger partial charge in [0.2, 0.25) is 5.88 Å². The highest BCUT2D eigenvalue weighted by Crippen LogP contribution is 2.17. The molecule has 0 saturated carbocycles. The molecule has 0 spiro atoms. The van der Waals surface area contributed by atoms with Crippen LogP contribution < -0.4 is 10.1 Å². The summed E-state index contributed by atoms with van der Waals surface area (Å²) in [6, 6.07) is 6.18. The lowest BCUT2D eigenvalue weighted by atomic mass is 10.2. The first-order valence-corrected chi connectivity index (χ1v) is 5.98. The highest BCUT2D eigenvalue weighted by Gasteiger charge is 2.09. The molecular weight excluding hydrogens is 289 g/mol. The molecule has 2 aromatic rings. The van der Waals surface area contributed by atoms with Crippen molar-refractivity contribution in [2.45, 2.75) is 0 Å². The van der Waals surface area contributed by atoms with Crippen molar-refractivity contribution in [1.29, 1.82) is 0 Å². The molecule has 5 nitrogen and oxygen atoms in total. The number of aromatic nitrogens is 2. The number of amides is 1. The van der Waals surface area contributed by atoms with E-state index in [0.29, 0.717) is 17.1 Å². The molecule has 0 aromatic carbocycles. The van der Waals surface area contributed by atoms with Gasteiger partial charge in [-0.3, -0.25) is 4.79 Å². The van der Waals surface area contributed by atoms with E-state index in [1.165, 1.54) is 25.4 Å². The molecule has 2 aromatic heterocycles. The molecule has 7 heteroatoms. The van der Waals surface area contributed by atoms with Crippen molar-refractivity contribution in [3.8, 4) is 5.88 Å². The second-order valence-corrected chi connectivity index (χ2v) is 4.32. The van der Waals surface area contributed by atoms with Gasteiger partial charge in [-0.2, -0.15) is 0 Å². The molecule has 19 heavy (non-hydrogen) atoms. The third-order valence-corrected chi connectivity index (χ3v) is 2.62. The molecule has 0 atom stereocenters. The maximum absolute atomic E-state index is 12.0. The zero-order chi connectivity index (χ0) is 13.8. The van der Waals surface area contributed by atoms with Crippen LogP contribution in [0.15, 0.2) is 30.5 Å². The first-order valence-electron chi connectivity index (χ1n) is 5.23. The standard InChI is InChI=1S/C12H9Cl2N3O2/c1-19-11-3-2-8(6-15-11)16-12(18)7-4-9(13)17-10(14)5-7/h2-6H,1H3,(H,16,18). The fourth-order valence-electron chi connectivity index (χ4n) is 1.37. The summed E-state index contributed by atoms with van der Waals surface area (Å²) < 4.78 is 4.92. The molecule has 0 aliphatic carbocycles. The van der Waals surface area contributed by atoms with Gasteiger partial charge in [-0.1, -0.05) is 23.2 Å². The molecule has 0 aliphatic rings. The van der Waals surface area contributed by atoms with E-state index in [4.69, 9.17) is 27.9 Å². The van der Waals surface area contributed by atoms with Gasteiger partial charge in [0.25, 0.3) is 5.91 Å². The van der Waals surface area contributed by atoms with Gasteiger partial charge in [0.1, 0.15) is 10.3 Å². The van der Waals surface area contributed by atoms with Crippen LogP contribution in [0.4, 0.5) is 5.69 Å². The van der Waals surface area contributed by atoms with Crippen molar-refractivity contribution < 1.29 is 9.53 Å². The average molecular weight is 298 g/mol. The van der Waals surface area contributed by atoms with Crippen LogP contribution >= 0.6 is 23.2 Å². The van der Waals surface area contributed by atoms with Crippen LogP contribution in [0.25, 0.3) is 0 Å². The highest BCUT2D eigenvalue weighted by atomic mass is 35.5. The number of halogens is 2. The van der Waals surface area contributed by atoms with Gasteiger partial charge in [0.05, 0.1) is 19.0 Å². The molecule has 0 aliphatic heterocycles. The maximum atomic E-state index is 12.0. The van der Waals surface area contributed by atoms with Crippen molar-refractivity contribution in [3.63, 3.8) is 0 Å². The van der Waals surface area contributed by atoms with Crippen molar-refractivity contribution in [3.05, 3.63) is 46.3 Å². The molecule has 0 bridgehead atoms. The lowest BCUT2D eigenvalue weighted by Gasteiger charge is -2.06. The fourth-order valence-corrected chi connectivity index (χ4v) is 1.83. The Morgan fingerprint density at radius 3 is 2.47 bits per heavy atom. The minimum atomic E-state index is -0.349. The number of pyridine rings is 2. The van der Waals surface area contributed by atoms with Crippen LogP contribution in [-0.4, -0.2) is 23.0 Å². The molecule has 98 valence electrons. The first-order chi connectivity index (χ1) is 9.08. The van der Waals surface area contributed by atoms with Crippen LogP contribution in [0.2, 0.25) is 10.3 Å². The summed E-state index contributed by atoms with van der Waals surface area (Å²) in [7, 11) is 1.52. The van der Waals surface area contributed by atoms with E-state index in [2.05, 4.69) is 15.3 Å². The number of carbonyl (C=O) groups is 1. The number of anilines is 1. The summed E-state index contributed by atoms with van der Waals surface area (Å²) in [5.74, 6) is 0.117. The minimum Gasteiger partial charge on any atom is -0.481 e. The van der Waals surface area contributed by atoms with E-state index in [0.717, 1.165) is 0 Å². The molecule has 0 fully saturated rings. The van der Waals surface area contributed by atoms with Gasteiger partial charge in [-0.25, -0.2) is 9.97 Å². The first kappa shape index (κ1) is 13.6. The van der Waals surface area contributed by atoms with Crippen LogP contribution in [0, 0.1) is 0 Å². The predicted octanol–water partition coefficient (Wildman–Crippen LogP) is 3.04. The van der Waals surface area contributed by atoms with E-state index in [1.54, 1.807) is 12.1 Å². The number of hydrogen-bond acceptors (Lipinski definition) is 4. The topological polar surface area (TPSA) is 64.1 Å². The summed E-state index contributed by atoms with van der Waals surface area (Å²) in [5.41, 5.74) is 0.857. The van der Waals surface area contributed by atoms with E-state index in [1.807, 2.05) is 0 Å². The van der Waals surface area contributed by atoms with Gasteiger partial charge in [0.15, 0.2) is 0 Å². The van der Waals surface area contributed by atoms with Gasteiger partial charge in [-0.15, -0.1) is 0 Å². The molecule has 1 N–H and O–H groups in total. The molecule has 0 unspecified atom stereocenters. The fraction of sp³-hybridized carbons (Fsp3) is 0.0833. The van der Waals surface area contributed by atoms with E-state index >= 15 is 0 Å². The van der Waals surface area contributed by atoms with Crippen LogP contribution in [0.3, 0.4) is 0 Å². The maximum Gasteiger partial charge on any atom is 0.255 e. The Labute approximate surface area is 119 Å². The van der Waals surface area contributed by atoms with Crippen molar-refractivity contribution in [2.75, 3.05) is 12.4 Å². The largest absolute Gasteiger partial charge is 0.481 e. The number of nitrogens with zero attached hydrogens (tertiary/aromatic N) is 2. The molecule has 0 radical (unpaired) electrons. The lowest BCUT2D eigenvalue weighted by Crippen LogP contribution is -2.12. The van der Waals surface area contributed by atoms with Gasteiger partial charge < -0.3 is 10.1 Å². The third-order valence-electron chi connectivity index (χ3n) is 2.23. The predicted molar refractivity (Wildman–Crippen MR) is 73.0 cm³/mol. The third kappa shape index (κ3) is 3.56. The van der Waals surface area contributed by atoms with Crippen molar-refractivity contribution in [1.82, 2.24) is 9.97 Å². The van der Waals surface area contributed by atoms with E-state index in [-0.39, 0.29) is 16.2 Å². The summed E-state index contributed by atoms with van der Waals surface area (Å²) in [6.45, 7) is 0. The lowest BCUT2D eigenvalue weighted by molar-refractivity contribution is 0.102. The second-order valence-electron chi connectivity index (χ2n) is 3.54. The number of ether oxygens (including phenoxy) is 1. The molecule has 1 amide bonds. The molecule has 2 heterocycles. The number of methoxy groups -OCH3 is 1. The molecule has 0 saturated heterocycles. The monoisotopic (exact) mass is 297 g/mol. The summed E-state index contributed by atoms with van der Waals surface area (Å²) in [4.78, 5) is 19.7. The highest BCUT2D eigenvalue weighted by molar-refractivity contribution is 6.33. The zero-order valence-electron chi connectivity index (χ0n) is 9.85. The Hall–Kier alpha value is -1.85. The van der Waals surface area contributed by atoms with Crippen LogP contribution in [0.5, 0.6) is 5.88 Å². The Morgan fingerprint density at radius 1 is 1.26 bits per heavy atom. The van der Waals surface area contributed by atoms with Gasteiger partial charge in [-0.05, 0) is 18.2 Å². The Balaban J connectivity index is 2.15. The Morgan fingerprint density at radius 2 is 1.95 bits per heavy atom. The summed E-state index contributed by atoms with van der Waals surface area (Å²) in [5, 5.41) is 2.98. The van der Waals surface area contributed by atoms with Crippen molar-refractivity contribution >= 4 is 34.8 Å². The van der Waals surface area contributed by atoms with Crippen molar-refractivity contribution in [2.24, 2.45) is 0 Å². The normalized spacial score (nSPS) is 10.1. The molecular formula is C12H9Cl2N3O2. The van der Waals surface area contributed by atoms with Crippen LogP contribution in [-0.2, 0) is 0 Å². The van der Waals surface area contributed by atoms with E-state index in [9.17, 15) is 4.79 Å². The zero-order valence-corrected chi connectivity index (χ0v) is 11.4. The average Bonchev–Trinajstić information content (AvgIpc) is 2.38.